The first-order valence-electron chi connectivity index (χ1n) is 10.6. The fraction of sp³-hybridized carbons (Fsp3) is 0.333. The molecule has 0 saturated carbocycles. The number of rotatable bonds is 9. The van der Waals surface area contributed by atoms with E-state index in [1.165, 1.54) is 29.2 Å². The Morgan fingerprint density at radius 2 is 1.88 bits per heavy atom. The lowest BCUT2D eigenvalue weighted by molar-refractivity contribution is -0.384. The van der Waals surface area contributed by atoms with Crippen molar-refractivity contribution in [1.82, 2.24) is 9.80 Å². The summed E-state index contributed by atoms with van der Waals surface area (Å²) in [4.78, 5) is 39.9. The molecule has 1 unspecified atom stereocenters. The number of nitrogens with zero attached hydrogens (tertiary/aromatic N) is 3. The van der Waals surface area contributed by atoms with Gasteiger partial charge in [0, 0.05) is 24.2 Å². The zero-order valence-corrected chi connectivity index (χ0v) is 18.9. The number of nitro benzene ring substituents is 1. The molecule has 1 fully saturated rings. The number of aliphatic hydroxyl groups excluding tert-OH is 1. The molecule has 1 aliphatic heterocycles. The summed E-state index contributed by atoms with van der Waals surface area (Å²) < 4.78 is 5.49. The number of carbonyl (C=O) groups is 2. The van der Waals surface area contributed by atoms with E-state index in [2.05, 4.69) is 0 Å². The van der Waals surface area contributed by atoms with Gasteiger partial charge in [-0.3, -0.25) is 19.7 Å². The summed E-state index contributed by atoms with van der Waals surface area (Å²) in [6.45, 7) is 3.26. The second kappa shape index (κ2) is 10.3. The van der Waals surface area contributed by atoms with Gasteiger partial charge in [0.15, 0.2) is 0 Å². The Morgan fingerprint density at radius 1 is 1.18 bits per heavy atom. The third-order valence-corrected chi connectivity index (χ3v) is 5.38. The van der Waals surface area contributed by atoms with Gasteiger partial charge in [-0.05, 0) is 63.8 Å². The van der Waals surface area contributed by atoms with Crippen LogP contribution in [0.3, 0.4) is 0 Å². The molecular formula is C24H27N3O6. The molecule has 9 heteroatoms. The molecule has 174 valence electrons. The van der Waals surface area contributed by atoms with E-state index in [1.807, 2.05) is 25.9 Å². The predicted octanol–water partition coefficient (Wildman–Crippen LogP) is 3.37. The second-order valence-electron chi connectivity index (χ2n) is 7.96. The predicted molar refractivity (Wildman–Crippen MR) is 123 cm³/mol. The number of ether oxygens (including phenoxy) is 1. The highest BCUT2D eigenvalue weighted by molar-refractivity contribution is 6.46. The molecular weight excluding hydrogens is 426 g/mol. The van der Waals surface area contributed by atoms with Gasteiger partial charge in [-0.25, -0.2) is 0 Å². The van der Waals surface area contributed by atoms with Gasteiger partial charge in [0.25, 0.3) is 17.4 Å². The summed E-state index contributed by atoms with van der Waals surface area (Å²) in [5.74, 6) is -1.29. The number of hydrogen-bond donors (Lipinski definition) is 1. The van der Waals surface area contributed by atoms with Gasteiger partial charge in [0.2, 0.25) is 0 Å². The van der Waals surface area contributed by atoms with Gasteiger partial charge in [-0.15, -0.1) is 0 Å². The van der Waals surface area contributed by atoms with Crippen LogP contribution < -0.4 is 4.74 Å². The van der Waals surface area contributed by atoms with Crippen LogP contribution in [-0.2, 0) is 9.59 Å². The Bertz CT molecular complexity index is 1080. The number of nitro groups is 1. The Labute approximate surface area is 192 Å². The number of aliphatic hydroxyl groups is 1. The van der Waals surface area contributed by atoms with E-state index in [1.54, 1.807) is 24.3 Å². The Hall–Kier alpha value is -3.72. The Kier molecular flexibility index (Phi) is 7.44. The third kappa shape index (κ3) is 5.20. The monoisotopic (exact) mass is 453 g/mol. The lowest BCUT2D eigenvalue weighted by Gasteiger charge is -2.26. The van der Waals surface area contributed by atoms with Crippen molar-refractivity contribution in [2.45, 2.75) is 19.4 Å². The van der Waals surface area contributed by atoms with Crippen LogP contribution in [-0.4, -0.2) is 65.3 Å². The van der Waals surface area contributed by atoms with Crippen LogP contribution in [0.4, 0.5) is 5.69 Å². The quantitative estimate of drug-likeness (QED) is 0.204. The SMILES string of the molecule is CCOc1cccc(C(O)=C2C(=O)C(=O)N(CCCN(C)C)C2c2ccc([N+](=O)[O-])cc2)c1. The molecule has 1 atom stereocenters. The molecule has 0 radical (unpaired) electrons. The summed E-state index contributed by atoms with van der Waals surface area (Å²) in [6.07, 6.45) is 0.614. The molecule has 0 aliphatic carbocycles. The van der Waals surface area contributed by atoms with Gasteiger partial charge < -0.3 is 19.6 Å². The normalized spacial score (nSPS) is 17.6. The van der Waals surface area contributed by atoms with E-state index in [0.717, 1.165) is 0 Å². The van der Waals surface area contributed by atoms with Crippen molar-refractivity contribution in [1.29, 1.82) is 0 Å². The summed E-state index contributed by atoms with van der Waals surface area (Å²) in [7, 11) is 3.82. The van der Waals surface area contributed by atoms with Gasteiger partial charge in [0.05, 0.1) is 23.1 Å². The molecule has 0 aromatic heterocycles. The number of non-ortho nitro benzene ring substituents is 1. The first-order chi connectivity index (χ1) is 15.7. The number of Topliss-reactive ketones (excluding diaryl/α,β-unsaturated/α-hetero) is 1. The number of hydrogen-bond acceptors (Lipinski definition) is 7. The van der Waals surface area contributed by atoms with Gasteiger partial charge in [-0.2, -0.15) is 0 Å². The van der Waals surface area contributed by atoms with Crippen molar-refractivity contribution in [3.63, 3.8) is 0 Å². The minimum absolute atomic E-state index is 0.0487. The molecule has 0 bridgehead atoms. The molecule has 2 aromatic rings. The van der Waals surface area contributed by atoms with Gasteiger partial charge in [0.1, 0.15) is 11.5 Å². The van der Waals surface area contributed by atoms with Gasteiger partial charge in [-0.1, -0.05) is 12.1 Å². The lowest BCUT2D eigenvalue weighted by atomic mass is 9.95. The number of likely N-dealkylation sites (tertiary alicyclic amines) is 1. The highest BCUT2D eigenvalue weighted by Crippen LogP contribution is 2.40. The van der Waals surface area contributed by atoms with Crippen molar-refractivity contribution in [2.24, 2.45) is 0 Å². The van der Waals surface area contributed by atoms with Crippen LogP contribution in [0.5, 0.6) is 5.75 Å². The van der Waals surface area contributed by atoms with Crippen LogP contribution in [0.1, 0.15) is 30.5 Å². The van der Waals surface area contributed by atoms with Crippen LogP contribution in [0.2, 0.25) is 0 Å². The topological polar surface area (TPSA) is 113 Å². The number of amides is 1. The van der Waals surface area contributed by atoms with E-state index in [4.69, 9.17) is 4.74 Å². The van der Waals surface area contributed by atoms with Crippen LogP contribution in [0.15, 0.2) is 54.1 Å². The summed E-state index contributed by atoms with van der Waals surface area (Å²) >= 11 is 0. The third-order valence-electron chi connectivity index (χ3n) is 5.38. The molecule has 1 aliphatic rings. The van der Waals surface area contributed by atoms with Crippen molar-refractivity contribution < 1.29 is 24.4 Å². The smallest absolute Gasteiger partial charge is 0.295 e. The largest absolute Gasteiger partial charge is 0.507 e. The van der Waals surface area contributed by atoms with Crippen molar-refractivity contribution in [2.75, 3.05) is 33.8 Å². The number of benzene rings is 2. The molecule has 0 spiro atoms. The van der Waals surface area contributed by atoms with Crippen LogP contribution >= 0.6 is 0 Å². The molecule has 2 aromatic carbocycles. The maximum absolute atomic E-state index is 13.0. The average Bonchev–Trinajstić information content (AvgIpc) is 3.04. The molecule has 9 nitrogen and oxygen atoms in total. The van der Waals surface area contributed by atoms with Crippen molar-refractivity contribution in [3.8, 4) is 5.75 Å². The molecule has 1 amide bonds. The highest BCUT2D eigenvalue weighted by atomic mass is 16.6. The Balaban J connectivity index is 2.09. The van der Waals surface area contributed by atoms with E-state index < -0.39 is 22.7 Å². The van der Waals surface area contributed by atoms with E-state index in [0.29, 0.717) is 43.0 Å². The maximum Gasteiger partial charge on any atom is 0.295 e. The van der Waals surface area contributed by atoms with Crippen molar-refractivity contribution >= 4 is 23.1 Å². The Morgan fingerprint density at radius 3 is 2.48 bits per heavy atom. The van der Waals surface area contributed by atoms with Gasteiger partial charge >= 0.3 is 0 Å². The molecule has 1 saturated heterocycles. The van der Waals surface area contributed by atoms with Crippen LogP contribution in [0.25, 0.3) is 5.76 Å². The summed E-state index contributed by atoms with van der Waals surface area (Å²) in [6, 6.07) is 11.5. The lowest BCUT2D eigenvalue weighted by Crippen LogP contribution is -2.32. The second-order valence-corrected chi connectivity index (χ2v) is 7.96. The van der Waals surface area contributed by atoms with Crippen LogP contribution in [0, 0.1) is 10.1 Å². The fourth-order valence-electron chi connectivity index (χ4n) is 3.85. The molecule has 3 rings (SSSR count). The first kappa shape index (κ1) is 23.9. The molecule has 1 N–H and O–H groups in total. The fourth-order valence-corrected chi connectivity index (χ4v) is 3.85. The van der Waals surface area contributed by atoms with E-state index in [-0.39, 0.29) is 17.0 Å². The highest BCUT2D eigenvalue weighted by Gasteiger charge is 2.45. The molecule has 1 heterocycles. The maximum atomic E-state index is 13.0. The average molecular weight is 453 g/mol. The van der Waals surface area contributed by atoms with E-state index in [9.17, 15) is 24.8 Å². The summed E-state index contributed by atoms with van der Waals surface area (Å²) in [5.41, 5.74) is 0.700. The minimum Gasteiger partial charge on any atom is -0.507 e. The summed E-state index contributed by atoms with van der Waals surface area (Å²) in [5, 5.41) is 22.2. The standard InChI is InChI=1S/C24H27N3O6/c1-4-33-19-8-5-7-17(15-19)22(28)20-21(16-9-11-18(12-10-16)27(31)32)26(24(30)23(20)29)14-6-13-25(2)3/h5,7-12,15,21,28H,4,6,13-14H2,1-3H3. The molecule has 33 heavy (non-hydrogen) atoms. The van der Waals surface area contributed by atoms with E-state index >= 15 is 0 Å². The number of carbonyl (C=O) groups excluding carboxylic acids is 2. The number of ketones is 1. The zero-order chi connectivity index (χ0) is 24.1. The van der Waals surface area contributed by atoms with Crippen molar-refractivity contribution in [3.05, 3.63) is 75.3 Å². The first-order valence-corrected chi connectivity index (χ1v) is 10.6. The minimum atomic E-state index is -0.858. The zero-order valence-electron chi connectivity index (χ0n) is 18.9.